The Bertz CT molecular complexity index is 4970. The minimum Gasteiger partial charge on any atom is -0.311 e. The lowest BCUT2D eigenvalue weighted by molar-refractivity contribution is 0.494. The first kappa shape index (κ1) is 54.1. The number of nitrogens with zero attached hydrogens (tertiary/aromatic N) is 1. The molecule has 0 saturated carbocycles. The van der Waals surface area contributed by atoms with Crippen LogP contribution in [0.15, 0.2) is 327 Å². The Morgan fingerprint density at radius 2 is 0.859 bits per heavy atom. The molecule has 0 N–H and O–H groups in total. The van der Waals surface area contributed by atoms with Gasteiger partial charge in [-0.05, 0) is 227 Å². The number of fused-ring (bicyclic) bond motifs is 20. The highest BCUT2D eigenvalue weighted by molar-refractivity contribution is 5.98. The Morgan fingerprint density at radius 3 is 1.50 bits per heavy atom. The van der Waals surface area contributed by atoms with E-state index >= 15 is 0 Å². The Labute approximate surface area is 540 Å². The van der Waals surface area contributed by atoms with Gasteiger partial charge in [-0.3, -0.25) is 0 Å². The fourth-order valence-corrected chi connectivity index (χ4v) is 17.3. The number of rotatable bonds is 12. The summed E-state index contributed by atoms with van der Waals surface area (Å²) in [5.74, 6) is 0.713. The van der Waals surface area contributed by atoms with Crippen LogP contribution in [0.3, 0.4) is 0 Å². The van der Waals surface area contributed by atoms with Gasteiger partial charge in [0.1, 0.15) is 0 Å². The molecule has 18 rings (SSSR count). The van der Waals surface area contributed by atoms with Gasteiger partial charge in [-0.1, -0.05) is 279 Å². The zero-order chi connectivity index (χ0) is 60.7. The number of para-hydroxylation sites is 2. The summed E-state index contributed by atoms with van der Waals surface area (Å²) in [6, 6.07) is 110. The summed E-state index contributed by atoms with van der Waals surface area (Å²) in [6.45, 7) is 0. The van der Waals surface area contributed by atoms with Crippen molar-refractivity contribution in [3.8, 4) is 44.5 Å². The normalized spacial score (nSPS) is 17.4. The summed E-state index contributed by atoms with van der Waals surface area (Å²) in [5.41, 5.74) is 34.9. The number of anilines is 3. The molecule has 0 radical (unpaired) electrons. The number of hydrogen-bond acceptors (Lipinski definition) is 1. The zero-order valence-electron chi connectivity index (χ0n) is 51.4. The molecule has 3 atom stereocenters. The third-order valence-corrected chi connectivity index (χ3v) is 21.3. The second kappa shape index (κ2) is 22.0. The van der Waals surface area contributed by atoms with Gasteiger partial charge >= 0.3 is 0 Å². The molecule has 1 heteroatoms. The predicted molar refractivity (Wildman–Crippen MR) is 384 cm³/mol. The fraction of sp³-hybridized carbons (Fsp3) is 0.0989. The van der Waals surface area contributed by atoms with Gasteiger partial charge in [-0.25, -0.2) is 0 Å². The Kier molecular flexibility index (Phi) is 12.9. The number of allylic oxidation sites excluding steroid dienone is 8. The molecule has 6 aliphatic carbocycles. The van der Waals surface area contributed by atoms with E-state index in [1.54, 1.807) is 5.57 Å². The van der Waals surface area contributed by atoms with Gasteiger partial charge in [0.15, 0.2) is 0 Å². The van der Waals surface area contributed by atoms with Gasteiger partial charge in [0, 0.05) is 23.0 Å². The average molecular weight is 1170 g/mol. The quantitative estimate of drug-likeness (QED) is 0.110. The van der Waals surface area contributed by atoms with Gasteiger partial charge in [0.2, 0.25) is 0 Å². The maximum absolute atomic E-state index is 2.61. The third-order valence-electron chi connectivity index (χ3n) is 21.3. The van der Waals surface area contributed by atoms with Crippen LogP contribution in [-0.4, -0.2) is 0 Å². The van der Waals surface area contributed by atoms with Crippen molar-refractivity contribution in [2.45, 2.75) is 48.9 Å². The molecule has 0 heterocycles. The maximum Gasteiger partial charge on any atom is 0.0725 e. The zero-order valence-corrected chi connectivity index (χ0v) is 51.4. The van der Waals surface area contributed by atoms with E-state index in [1.807, 2.05) is 0 Å². The standard InChI is InChI=1S/C91H67N/c1-5-21-61(22-6-1)55-70(65-23-7-2-8-24-65)56-62-39-43-66(44-40-62)68-47-53-80-78-51-41-63(57-86(78)90(88(80)59-68)82-33-17-13-29-74(82)75-30-14-18-34-83(75)90)37-38-64-42-52-79-81-54-48-69(67-45-49-73(50-46-67)92(71-25-9-3-10-26-71)72-27-11-4-12-28-72)60-89(81)91(87(79)58-64)84-35-19-15-31-76(84)77-32-16-20-36-85(77)91/h1-33,35-39,41-43,45-54,57-60,70,83H,34,40,44,55-56H2/b38-37+. The van der Waals surface area contributed by atoms with Crippen molar-refractivity contribution in [3.05, 3.63) is 399 Å². The molecule has 12 aromatic carbocycles. The first-order chi connectivity index (χ1) is 45.6. The Hall–Kier alpha value is -10.9. The van der Waals surface area contributed by atoms with E-state index < -0.39 is 5.41 Å². The highest BCUT2D eigenvalue weighted by Crippen LogP contribution is 2.67. The molecule has 92 heavy (non-hydrogen) atoms. The van der Waals surface area contributed by atoms with Crippen molar-refractivity contribution in [1.82, 2.24) is 0 Å². The van der Waals surface area contributed by atoms with Crippen LogP contribution >= 0.6 is 0 Å². The van der Waals surface area contributed by atoms with Crippen molar-refractivity contribution in [2.75, 3.05) is 4.90 Å². The third kappa shape index (κ3) is 8.52. The van der Waals surface area contributed by atoms with E-state index in [1.165, 1.54) is 128 Å². The van der Waals surface area contributed by atoms with Crippen LogP contribution in [0, 0.1) is 5.92 Å². The van der Waals surface area contributed by atoms with Gasteiger partial charge < -0.3 is 4.90 Å². The largest absolute Gasteiger partial charge is 0.311 e. The minimum absolute atomic E-state index is 0.280. The first-order valence-corrected chi connectivity index (χ1v) is 33.0. The summed E-state index contributed by atoms with van der Waals surface area (Å²) >= 11 is 0. The molecular formula is C91H67N. The van der Waals surface area contributed by atoms with Crippen molar-refractivity contribution in [1.29, 1.82) is 0 Å². The van der Waals surface area contributed by atoms with Crippen molar-refractivity contribution < 1.29 is 0 Å². The van der Waals surface area contributed by atoms with Crippen LogP contribution < -0.4 is 4.90 Å². The lowest BCUT2D eigenvalue weighted by Gasteiger charge is -2.36. The summed E-state index contributed by atoms with van der Waals surface area (Å²) in [5, 5.41) is 0. The predicted octanol–water partition coefficient (Wildman–Crippen LogP) is 23.1. The summed E-state index contributed by atoms with van der Waals surface area (Å²) in [6.07, 6.45) is 22.0. The van der Waals surface area contributed by atoms with E-state index in [2.05, 4.69) is 339 Å². The van der Waals surface area contributed by atoms with Gasteiger partial charge in [-0.2, -0.15) is 0 Å². The molecule has 6 aliphatic rings. The van der Waals surface area contributed by atoms with Gasteiger partial charge in [0.25, 0.3) is 0 Å². The smallest absolute Gasteiger partial charge is 0.0725 e. The molecule has 3 unspecified atom stereocenters. The average Bonchev–Trinajstić information content (AvgIpc) is 1.52. The van der Waals surface area contributed by atoms with E-state index in [-0.39, 0.29) is 11.3 Å². The monoisotopic (exact) mass is 1170 g/mol. The summed E-state index contributed by atoms with van der Waals surface area (Å²) in [7, 11) is 0. The van der Waals surface area contributed by atoms with Gasteiger partial charge in [0.05, 0.1) is 10.8 Å². The van der Waals surface area contributed by atoms with Crippen LogP contribution in [0.5, 0.6) is 0 Å². The molecular weight excluding hydrogens is 1110 g/mol. The van der Waals surface area contributed by atoms with Crippen molar-refractivity contribution in [3.63, 3.8) is 0 Å². The molecule has 1 nitrogen and oxygen atoms in total. The maximum atomic E-state index is 2.61. The summed E-state index contributed by atoms with van der Waals surface area (Å²) < 4.78 is 0. The minimum atomic E-state index is -0.505. The van der Waals surface area contributed by atoms with Crippen LogP contribution in [0.2, 0.25) is 0 Å². The van der Waals surface area contributed by atoms with Crippen LogP contribution in [0.25, 0.3) is 67.8 Å². The van der Waals surface area contributed by atoms with Crippen molar-refractivity contribution >= 4 is 40.4 Å². The van der Waals surface area contributed by atoms with E-state index in [9.17, 15) is 0 Å². The molecule has 12 aromatic rings. The van der Waals surface area contributed by atoms with E-state index in [0.717, 1.165) is 49.2 Å². The fourth-order valence-electron chi connectivity index (χ4n) is 17.3. The molecule has 0 amide bonds. The molecule has 0 fully saturated rings. The molecule has 436 valence electrons. The molecule has 2 spiro atoms. The SMILES string of the molecule is C1=CCC2C(=C1)c1ccccc1C21c2cc(/C=C/c3ccc4c(c3)C3(c5ccccc5-c5ccccc53)c3cc(-c5ccc(N(c6ccccc6)c6ccccc6)cc5)ccc3-4)ccc2-c2ccc(C3=CC=C(CC(Cc4ccccc4)c4ccccc4)CC3)cc21. The molecule has 0 aliphatic heterocycles. The van der Waals surface area contributed by atoms with E-state index in [4.69, 9.17) is 0 Å². The van der Waals surface area contributed by atoms with Gasteiger partial charge in [-0.15, -0.1) is 0 Å². The van der Waals surface area contributed by atoms with Crippen LogP contribution in [-0.2, 0) is 17.3 Å². The highest BCUT2D eigenvalue weighted by atomic mass is 15.1. The number of benzene rings is 12. The Balaban J connectivity index is 0.707. The van der Waals surface area contributed by atoms with Crippen LogP contribution in [0.1, 0.15) is 104 Å². The topological polar surface area (TPSA) is 3.24 Å². The molecule has 0 bridgehead atoms. The van der Waals surface area contributed by atoms with Crippen LogP contribution in [0.4, 0.5) is 17.1 Å². The first-order valence-electron chi connectivity index (χ1n) is 33.0. The molecule has 0 aromatic heterocycles. The highest BCUT2D eigenvalue weighted by Gasteiger charge is 2.56. The van der Waals surface area contributed by atoms with E-state index in [0.29, 0.717) is 5.92 Å². The molecule has 0 saturated heterocycles. The summed E-state index contributed by atoms with van der Waals surface area (Å²) in [4.78, 5) is 2.33. The second-order valence-electron chi connectivity index (χ2n) is 26.1. The Morgan fingerprint density at radius 1 is 0.370 bits per heavy atom. The van der Waals surface area contributed by atoms with Crippen molar-refractivity contribution in [2.24, 2.45) is 5.92 Å². The lowest BCUT2D eigenvalue weighted by atomic mass is 9.65. The lowest BCUT2D eigenvalue weighted by Crippen LogP contribution is -2.32. The second-order valence-corrected chi connectivity index (χ2v) is 26.1. The number of hydrogen-bond donors (Lipinski definition) is 0.